The largest absolute Gasteiger partial charge is 0.343 e. The lowest BCUT2D eigenvalue weighted by atomic mass is 10.2. The Hall–Kier alpha value is -2.44. The predicted octanol–water partition coefficient (Wildman–Crippen LogP) is 3.65. The number of rotatable bonds is 4. The molecule has 0 saturated heterocycles. The van der Waals surface area contributed by atoms with E-state index in [2.05, 4.69) is 10.4 Å². The first-order valence-corrected chi connectivity index (χ1v) is 8.84. The normalized spacial score (nSPS) is 12.0. The van der Waals surface area contributed by atoms with Gasteiger partial charge in [0.1, 0.15) is 5.69 Å². The second kappa shape index (κ2) is 7.21. The molecule has 3 aromatic rings. The average Bonchev–Trinajstić information content (AvgIpc) is 3.08. The lowest BCUT2D eigenvalue weighted by Crippen LogP contribution is -2.30. The maximum Gasteiger partial charge on any atom is 0.272 e. The number of carbonyl (C=O) groups excluding carboxylic acids is 1. The minimum atomic E-state index is -0.315. The third-order valence-corrected chi connectivity index (χ3v) is 5.29. The van der Waals surface area contributed by atoms with Gasteiger partial charge in [0, 0.05) is 27.9 Å². The maximum absolute atomic E-state index is 12.3. The van der Waals surface area contributed by atoms with Crippen LogP contribution >= 0.6 is 22.9 Å². The van der Waals surface area contributed by atoms with Crippen molar-refractivity contribution in [1.82, 2.24) is 15.1 Å². The highest BCUT2D eigenvalue weighted by Gasteiger charge is 2.15. The molecule has 0 aliphatic rings. The smallest absolute Gasteiger partial charge is 0.272 e. The summed E-state index contributed by atoms with van der Waals surface area (Å²) in [4.78, 5) is 25.8. The summed E-state index contributed by atoms with van der Waals surface area (Å²) in [5.74, 6) is -0.315. The first-order chi connectivity index (χ1) is 11.9. The first-order valence-electron chi connectivity index (χ1n) is 7.65. The molecule has 2 aromatic heterocycles. The van der Waals surface area contributed by atoms with Gasteiger partial charge in [-0.2, -0.15) is 5.10 Å². The zero-order valence-electron chi connectivity index (χ0n) is 13.7. The lowest BCUT2D eigenvalue weighted by molar-refractivity contribution is 0.0933. The molecule has 128 valence electrons. The third-order valence-electron chi connectivity index (χ3n) is 3.72. The molecule has 0 bridgehead atoms. The highest BCUT2D eigenvalue weighted by Crippen LogP contribution is 2.32. The highest BCUT2D eigenvalue weighted by molar-refractivity contribution is 7.15. The van der Waals surface area contributed by atoms with Crippen molar-refractivity contribution in [2.24, 2.45) is 7.05 Å². The standard InChI is InChI=1S/C18H16ClN3O2S/c1-11(20-18(24)14-7-10-17(23)22(2)21-14)15-8-9-16(25-15)12-3-5-13(19)6-4-12/h3-11H,1-2H3,(H,20,24). The fourth-order valence-electron chi connectivity index (χ4n) is 2.32. The van der Waals surface area contributed by atoms with Crippen molar-refractivity contribution in [2.45, 2.75) is 13.0 Å². The van der Waals surface area contributed by atoms with E-state index in [0.717, 1.165) is 20.0 Å². The van der Waals surface area contributed by atoms with E-state index in [9.17, 15) is 9.59 Å². The van der Waals surface area contributed by atoms with Crippen LogP contribution in [0.4, 0.5) is 0 Å². The zero-order chi connectivity index (χ0) is 18.0. The van der Waals surface area contributed by atoms with E-state index >= 15 is 0 Å². The van der Waals surface area contributed by atoms with E-state index in [0.29, 0.717) is 5.02 Å². The molecule has 0 aliphatic heterocycles. The van der Waals surface area contributed by atoms with Crippen molar-refractivity contribution < 1.29 is 4.79 Å². The molecule has 7 heteroatoms. The van der Waals surface area contributed by atoms with Gasteiger partial charge in [0.25, 0.3) is 11.5 Å². The van der Waals surface area contributed by atoms with Crippen LogP contribution in [0.15, 0.2) is 53.3 Å². The van der Waals surface area contributed by atoms with Gasteiger partial charge in [-0.1, -0.05) is 23.7 Å². The van der Waals surface area contributed by atoms with E-state index in [-0.39, 0.29) is 23.2 Å². The van der Waals surface area contributed by atoms with Crippen molar-refractivity contribution in [3.05, 3.63) is 74.5 Å². The third kappa shape index (κ3) is 3.97. The van der Waals surface area contributed by atoms with Gasteiger partial charge in [-0.15, -0.1) is 11.3 Å². The molecule has 0 saturated carbocycles. The Morgan fingerprint density at radius 1 is 1.16 bits per heavy atom. The quantitative estimate of drug-likeness (QED) is 0.759. The van der Waals surface area contributed by atoms with Crippen LogP contribution in [-0.4, -0.2) is 15.7 Å². The Morgan fingerprint density at radius 3 is 2.56 bits per heavy atom. The SMILES string of the molecule is CC(NC(=O)c1ccc(=O)n(C)n1)c1ccc(-c2ccc(Cl)cc2)s1. The van der Waals surface area contributed by atoms with Crippen molar-refractivity contribution in [3.63, 3.8) is 0 Å². The van der Waals surface area contributed by atoms with Gasteiger partial charge in [-0.3, -0.25) is 9.59 Å². The molecular weight excluding hydrogens is 358 g/mol. The fourth-order valence-corrected chi connectivity index (χ4v) is 3.46. The van der Waals surface area contributed by atoms with Crippen LogP contribution in [0.3, 0.4) is 0 Å². The number of aryl methyl sites for hydroxylation is 1. The van der Waals surface area contributed by atoms with E-state index < -0.39 is 0 Å². The van der Waals surface area contributed by atoms with E-state index in [4.69, 9.17) is 11.6 Å². The summed E-state index contributed by atoms with van der Waals surface area (Å²) in [6.07, 6.45) is 0. The van der Waals surface area contributed by atoms with Gasteiger partial charge >= 0.3 is 0 Å². The summed E-state index contributed by atoms with van der Waals surface area (Å²) < 4.78 is 1.14. The van der Waals surface area contributed by atoms with Gasteiger partial charge in [-0.25, -0.2) is 4.68 Å². The van der Waals surface area contributed by atoms with Crippen molar-refractivity contribution in [2.75, 3.05) is 0 Å². The Labute approximate surface area is 153 Å². The van der Waals surface area contributed by atoms with Gasteiger partial charge in [-0.05, 0) is 42.8 Å². The van der Waals surface area contributed by atoms with E-state index in [1.165, 1.54) is 19.2 Å². The molecular formula is C18H16ClN3O2S. The number of thiophene rings is 1. The van der Waals surface area contributed by atoms with Gasteiger partial charge in [0.15, 0.2) is 0 Å². The predicted molar refractivity (Wildman–Crippen MR) is 100 cm³/mol. The summed E-state index contributed by atoms with van der Waals surface area (Å²) in [5, 5.41) is 7.57. The molecule has 3 rings (SSSR count). The molecule has 0 radical (unpaired) electrons. The molecule has 1 amide bonds. The monoisotopic (exact) mass is 373 g/mol. The second-order valence-corrected chi connectivity index (χ2v) is 7.14. The minimum Gasteiger partial charge on any atom is -0.343 e. The Bertz CT molecular complexity index is 963. The van der Waals surface area contributed by atoms with E-state index in [1.807, 2.05) is 43.3 Å². The summed E-state index contributed by atoms with van der Waals surface area (Å²) >= 11 is 7.53. The van der Waals surface area contributed by atoms with Gasteiger partial charge in [0.2, 0.25) is 0 Å². The molecule has 5 nitrogen and oxygen atoms in total. The number of nitrogens with one attached hydrogen (secondary N) is 1. The van der Waals surface area contributed by atoms with Crippen LogP contribution in [0.1, 0.15) is 28.3 Å². The molecule has 0 aliphatic carbocycles. The van der Waals surface area contributed by atoms with Crippen LogP contribution in [0.25, 0.3) is 10.4 Å². The van der Waals surface area contributed by atoms with Crippen LogP contribution in [0, 0.1) is 0 Å². The lowest BCUT2D eigenvalue weighted by Gasteiger charge is -2.12. The summed E-state index contributed by atoms with van der Waals surface area (Å²) in [6, 6.07) is 14.3. The van der Waals surface area contributed by atoms with Crippen LogP contribution in [-0.2, 0) is 7.05 Å². The number of carbonyl (C=O) groups is 1. The topological polar surface area (TPSA) is 64.0 Å². The van der Waals surface area contributed by atoms with Crippen LogP contribution < -0.4 is 10.9 Å². The van der Waals surface area contributed by atoms with Crippen LogP contribution in [0.5, 0.6) is 0 Å². The molecule has 1 atom stereocenters. The Balaban J connectivity index is 1.74. The second-order valence-electron chi connectivity index (χ2n) is 5.58. The van der Waals surface area contributed by atoms with E-state index in [1.54, 1.807) is 11.3 Å². The zero-order valence-corrected chi connectivity index (χ0v) is 15.3. The summed E-state index contributed by atoms with van der Waals surface area (Å²) in [7, 11) is 1.51. The highest BCUT2D eigenvalue weighted by atomic mass is 35.5. The number of amides is 1. The molecule has 0 fully saturated rings. The molecule has 1 N–H and O–H groups in total. The fraction of sp³-hybridized carbons (Fsp3) is 0.167. The van der Waals surface area contributed by atoms with Crippen molar-refractivity contribution in [1.29, 1.82) is 0 Å². The molecule has 2 heterocycles. The van der Waals surface area contributed by atoms with Crippen molar-refractivity contribution in [3.8, 4) is 10.4 Å². The van der Waals surface area contributed by atoms with Crippen LogP contribution in [0.2, 0.25) is 5.02 Å². The average molecular weight is 374 g/mol. The summed E-state index contributed by atoms with van der Waals surface area (Å²) in [6.45, 7) is 1.91. The van der Waals surface area contributed by atoms with Crippen molar-refractivity contribution >= 4 is 28.8 Å². The number of halogens is 1. The first kappa shape index (κ1) is 17.4. The molecule has 1 aromatic carbocycles. The van der Waals surface area contributed by atoms with Gasteiger partial charge in [0.05, 0.1) is 6.04 Å². The minimum absolute atomic E-state index is 0.169. The molecule has 25 heavy (non-hydrogen) atoms. The number of benzene rings is 1. The Kier molecular flexibility index (Phi) is 5.01. The van der Waals surface area contributed by atoms with Gasteiger partial charge < -0.3 is 5.32 Å². The Morgan fingerprint density at radius 2 is 1.88 bits per heavy atom. The number of hydrogen-bond donors (Lipinski definition) is 1. The number of aromatic nitrogens is 2. The number of hydrogen-bond acceptors (Lipinski definition) is 4. The molecule has 0 spiro atoms. The maximum atomic E-state index is 12.3. The number of nitrogens with zero attached hydrogens (tertiary/aromatic N) is 2. The molecule has 1 unspecified atom stereocenters. The summed E-state index contributed by atoms with van der Waals surface area (Å²) in [5.41, 5.74) is 1.04.